The summed E-state index contributed by atoms with van der Waals surface area (Å²) in [5.41, 5.74) is 0. The van der Waals surface area contributed by atoms with Crippen molar-refractivity contribution in [2.45, 2.75) is 50.1 Å². The second-order valence-electron chi connectivity index (χ2n) is 4.50. The van der Waals surface area contributed by atoms with Crippen LogP contribution in [-0.4, -0.2) is 29.3 Å². The van der Waals surface area contributed by atoms with E-state index in [1.54, 1.807) is 6.92 Å². The highest BCUT2D eigenvalue weighted by Crippen LogP contribution is 2.37. The van der Waals surface area contributed by atoms with Crippen LogP contribution in [0.1, 0.15) is 33.1 Å². The predicted molar refractivity (Wildman–Crippen MR) is 58.2 cm³/mol. The zero-order valence-corrected chi connectivity index (χ0v) is 9.97. The third-order valence-electron chi connectivity index (χ3n) is 2.66. The van der Waals surface area contributed by atoms with Crippen molar-refractivity contribution in [2.24, 2.45) is 0 Å². The maximum absolute atomic E-state index is 12.1. The molecule has 1 fully saturated rings. The highest BCUT2D eigenvalue weighted by atomic mass is 32.2. The highest BCUT2D eigenvalue weighted by Gasteiger charge is 2.33. The lowest BCUT2D eigenvalue weighted by Gasteiger charge is -2.26. The van der Waals surface area contributed by atoms with E-state index in [0.29, 0.717) is 6.54 Å². The topological polar surface area (TPSA) is 12.0 Å². The second-order valence-corrected chi connectivity index (χ2v) is 6.19. The van der Waals surface area contributed by atoms with E-state index in [4.69, 9.17) is 0 Å². The molecule has 0 spiro atoms. The Morgan fingerprint density at radius 2 is 2.13 bits per heavy atom. The second kappa shape index (κ2) is 4.95. The van der Waals surface area contributed by atoms with E-state index in [1.165, 1.54) is 6.42 Å². The normalized spacial score (nSPS) is 29.4. The van der Waals surface area contributed by atoms with E-state index < -0.39 is 18.6 Å². The van der Waals surface area contributed by atoms with Crippen LogP contribution in [0.25, 0.3) is 0 Å². The van der Waals surface area contributed by atoms with Crippen LogP contribution in [0.5, 0.6) is 0 Å². The van der Waals surface area contributed by atoms with Crippen molar-refractivity contribution < 1.29 is 13.2 Å². The molecule has 15 heavy (non-hydrogen) atoms. The number of thioether (sulfide) groups is 1. The van der Waals surface area contributed by atoms with Crippen LogP contribution in [-0.2, 0) is 0 Å². The van der Waals surface area contributed by atoms with E-state index >= 15 is 0 Å². The Kier molecular flexibility index (Phi) is 4.35. The minimum Gasteiger partial charge on any atom is -0.313 e. The summed E-state index contributed by atoms with van der Waals surface area (Å²) in [6.45, 7) is 4.39. The number of rotatable bonds is 4. The number of nitrogens with one attached hydrogen (secondary N) is 1. The molecule has 2 atom stereocenters. The molecule has 1 N–H and O–H groups in total. The average Bonchev–Trinajstić information content (AvgIpc) is 2.47. The Morgan fingerprint density at radius 3 is 2.60 bits per heavy atom. The molecule has 5 heteroatoms. The summed E-state index contributed by atoms with van der Waals surface area (Å²) in [5, 5.41) is 2.98. The number of hydrogen-bond donors (Lipinski definition) is 1. The largest absolute Gasteiger partial charge is 0.390 e. The molecule has 0 aliphatic carbocycles. The summed E-state index contributed by atoms with van der Waals surface area (Å²) in [7, 11) is 0. The Bertz CT molecular complexity index is 199. The standard InChI is InChI=1S/C10H18F3NS/c1-8(6-10(11,12)13)14-7-9(2)4-3-5-15-9/h8,14H,3-7H2,1-2H3. The van der Waals surface area contributed by atoms with E-state index in [1.807, 2.05) is 11.8 Å². The van der Waals surface area contributed by atoms with E-state index in [9.17, 15) is 13.2 Å². The summed E-state index contributed by atoms with van der Waals surface area (Å²) < 4.78 is 36.3. The zero-order valence-electron chi connectivity index (χ0n) is 9.16. The molecule has 0 aromatic heterocycles. The molecule has 1 nitrogen and oxygen atoms in total. The first-order valence-corrected chi connectivity index (χ1v) is 6.23. The van der Waals surface area contributed by atoms with Gasteiger partial charge in [-0.15, -0.1) is 0 Å². The van der Waals surface area contributed by atoms with Gasteiger partial charge in [-0.2, -0.15) is 24.9 Å². The van der Waals surface area contributed by atoms with Crippen molar-refractivity contribution in [1.82, 2.24) is 5.32 Å². The van der Waals surface area contributed by atoms with Gasteiger partial charge in [0.05, 0.1) is 6.42 Å². The molecule has 1 rings (SSSR count). The van der Waals surface area contributed by atoms with Crippen LogP contribution in [0, 0.1) is 0 Å². The molecular formula is C10H18F3NS. The quantitative estimate of drug-likeness (QED) is 0.811. The van der Waals surface area contributed by atoms with Crippen LogP contribution in [0.4, 0.5) is 13.2 Å². The van der Waals surface area contributed by atoms with Gasteiger partial charge in [0.2, 0.25) is 0 Å². The minimum absolute atomic E-state index is 0.139. The monoisotopic (exact) mass is 241 g/mol. The summed E-state index contributed by atoms with van der Waals surface area (Å²) in [6, 6.07) is -0.483. The van der Waals surface area contributed by atoms with Crippen molar-refractivity contribution in [3.8, 4) is 0 Å². The molecule has 0 aromatic rings. The molecular weight excluding hydrogens is 223 g/mol. The number of alkyl halides is 3. The van der Waals surface area contributed by atoms with Gasteiger partial charge in [0.15, 0.2) is 0 Å². The fraction of sp³-hybridized carbons (Fsp3) is 1.00. The van der Waals surface area contributed by atoms with Gasteiger partial charge in [-0.05, 0) is 32.4 Å². The first-order chi connectivity index (χ1) is 6.81. The van der Waals surface area contributed by atoms with Gasteiger partial charge >= 0.3 is 6.18 Å². The fourth-order valence-electron chi connectivity index (χ4n) is 1.79. The zero-order chi connectivity index (χ0) is 11.5. The summed E-state index contributed by atoms with van der Waals surface area (Å²) in [4.78, 5) is 0. The maximum Gasteiger partial charge on any atom is 0.390 e. The Labute approximate surface area is 93.2 Å². The predicted octanol–water partition coefficient (Wildman–Crippen LogP) is 3.20. The van der Waals surface area contributed by atoms with E-state index in [2.05, 4.69) is 12.2 Å². The Hall–Kier alpha value is 0.100. The van der Waals surface area contributed by atoms with Crippen molar-refractivity contribution >= 4 is 11.8 Å². The Morgan fingerprint density at radius 1 is 1.47 bits per heavy atom. The van der Waals surface area contributed by atoms with Gasteiger partial charge < -0.3 is 5.32 Å². The molecule has 1 aliphatic heterocycles. The van der Waals surface area contributed by atoms with Crippen molar-refractivity contribution in [3.05, 3.63) is 0 Å². The molecule has 1 saturated heterocycles. The molecule has 1 heterocycles. The molecule has 0 radical (unpaired) electrons. The first kappa shape index (κ1) is 13.2. The highest BCUT2D eigenvalue weighted by molar-refractivity contribution is 8.00. The lowest BCUT2D eigenvalue weighted by Crippen LogP contribution is -2.39. The molecule has 0 aromatic carbocycles. The van der Waals surface area contributed by atoms with Gasteiger partial charge in [-0.25, -0.2) is 0 Å². The Balaban J connectivity index is 2.24. The number of halogens is 3. The smallest absolute Gasteiger partial charge is 0.313 e. The van der Waals surface area contributed by atoms with Crippen LogP contribution in [0.3, 0.4) is 0 Å². The van der Waals surface area contributed by atoms with Crippen molar-refractivity contribution in [3.63, 3.8) is 0 Å². The molecule has 0 saturated carbocycles. The van der Waals surface area contributed by atoms with Gasteiger partial charge in [0.25, 0.3) is 0 Å². The van der Waals surface area contributed by atoms with Gasteiger partial charge in [0.1, 0.15) is 0 Å². The van der Waals surface area contributed by atoms with Crippen molar-refractivity contribution in [1.29, 1.82) is 0 Å². The lowest BCUT2D eigenvalue weighted by atomic mass is 10.1. The first-order valence-electron chi connectivity index (χ1n) is 5.25. The molecule has 1 aliphatic rings. The molecule has 90 valence electrons. The van der Waals surface area contributed by atoms with Gasteiger partial charge in [0, 0.05) is 17.3 Å². The molecule has 0 amide bonds. The SMILES string of the molecule is CC(CC(F)(F)F)NCC1(C)CCCS1. The third-order valence-corrected chi connectivity index (χ3v) is 4.20. The van der Waals surface area contributed by atoms with Gasteiger partial charge in [-0.1, -0.05) is 0 Å². The minimum atomic E-state index is -4.06. The summed E-state index contributed by atoms with van der Waals surface area (Å²) in [5.74, 6) is 1.13. The van der Waals surface area contributed by atoms with Crippen molar-refractivity contribution in [2.75, 3.05) is 12.3 Å². The lowest BCUT2D eigenvalue weighted by molar-refractivity contribution is -0.139. The van der Waals surface area contributed by atoms with Crippen LogP contribution in [0.2, 0.25) is 0 Å². The van der Waals surface area contributed by atoms with E-state index in [-0.39, 0.29) is 4.75 Å². The maximum atomic E-state index is 12.1. The summed E-state index contributed by atoms with van der Waals surface area (Å²) >= 11 is 1.86. The average molecular weight is 241 g/mol. The third kappa shape index (κ3) is 5.11. The molecule has 0 bridgehead atoms. The van der Waals surface area contributed by atoms with E-state index in [0.717, 1.165) is 12.2 Å². The van der Waals surface area contributed by atoms with Crippen LogP contribution in [0.15, 0.2) is 0 Å². The van der Waals surface area contributed by atoms with Gasteiger partial charge in [-0.3, -0.25) is 0 Å². The fourth-order valence-corrected chi connectivity index (χ4v) is 3.04. The van der Waals surface area contributed by atoms with Crippen LogP contribution < -0.4 is 5.32 Å². The van der Waals surface area contributed by atoms with Crippen LogP contribution >= 0.6 is 11.8 Å². The summed E-state index contributed by atoms with van der Waals surface area (Å²) in [6.07, 6.45) is -2.52. The number of hydrogen-bond acceptors (Lipinski definition) is 2. The molecule has 2 unspecified atom stereocenters.